The highest BCUT2D eigenvalue weighted by atomic mass is 35.5. The van der Waals surface area contributed by atoms with Crippen LogP contribution in [0.5, 0.6) is 0 Å². The lowest BCUT2D eigenvalue weighted by Gasteiger charge is -2.09. The number of rotatable bonds is 3. The first-order valence-electron chi connectivity index (χ1n) is 8.32. The van der Waals surface area contributed by atoms with Gasteiger partial charge in [0.1, 0.15) is 0 Å². The number of amides is 1. The summed E-state index contributed by atoms with van der Waals surface area (Å²) in [5.41, 5.74) is 3.91. The standard InChI is InChI=1S/C22H14Cl2N2O/c23-18-11-10-17(13-19(18)24)14-6-8-16(9-7-14)22(27)26-20-5-1-3-15-4-2-12-25-21(15)20/h1-13H,(H,26,27). The Morgan fingerprint density at radius 3 is 2.33 bits per heavy atom. The largest absolute Gasteiger partial charge is 0.320 e. The summed E-state index contributed by atoms with van der Waals surface area (Å²) in [4.78, 5) is 17.0. The van der Waals surface area contributed by atoms with Gasteiger partial charge in [-0.3, -0.25) is 9.78 Å². The third-order valence-corrected chi connectivity index (χ3v) is 5.02. The molecule has 4 aromatic rings. The molecule has 3 nitrogen and oxygen atoms in total. The van der Waals surface area contributed by atoms with Crippen LogP contribution in [0.2, 0.25) is 10.0 Å². The minimum atomic E-state index is -0.186. The summed E-state index contributed by atoms with van der Waals surface area (Å²) in [6.45, 7) is 0. The van der Waals surface area contributed by atoms with E-state index in [1.54, 1.807) is 30.5 Å². The van der Waals surface area contributed by atoms with Gasteiger partial charge in [0.2, 0.25) is 0 Å². The smallest absolute Gasteiger partial charge is 0.255 e. The number of benzene rings is 3. The van der Waals surface area contributed by atoms with Gasteiger partial charge < -0.3 is 5.32 Å². The molecule has 1 amide bonds. The number of pyridine rings is 1. The zero-order valence-electron chi connectivity index (χ0n) is 14.1. The predicted octanol–water partition coefficient (Wildman–Crippen LogP) is 6.46. The van der Waals surface area contributed by atoms with Crippen LogP contribution in [0.3, 0.4) is 0 Å². The molecule has 0 bridgehead atoms. The van der Waals surface area contributed by atoms with Gasteiger partial charge in [0, 0.05) is 17.1 Å². The van der Waals surface area contributed by atoms with Crippen molar-refractivity contribution in [2.45, 2.75) is 0 Å². The highest BCUT2D eigenvalue weighted by Gasteiger charge is 2.10. The summed E-state index contributed by atoms with van der Waals surface area (Å²) in [7, 11) is 0. The highest BCUT2D eigenvalue weighted by molar-refractivity contribution is 6.42. The molecule has 0 fully saturated rings. The maximum Gasteiger partial charge on any atom is 0.255 e. The van der Waals surface area contributed by atoms with Crippen molar-refractivity contribution < 1.29 is 4.79 Å². The summed E-state index contributed by atoms with van der Waals surface area (Å²) in [5.74, 6) is -0.186. The van der Waals surface area contributed by atoms with Crippen LogP contribution in [0.15, 0.2) is 79.0 Å². The lowest BCUT2D eigenvalue weighted by Crippen LogP contribution is -2.12. The zero-order valence-corrected chi connectivity index (χ0v) is 15.6. The lowest BCUT2D eigenvalue weighted by atomic mass is 10.0. The molecule has 4 rings (SSSR count). The van der Waals surface area contributed by atoms with Crippen LogP contribution in [0.25, 0.3) is 22.0 Å². The fourth-order valence-corrected chi connectivity index (χ4v) is 3.19. The Morgan fingerprint density at radius 1 is 0.815 bits per heavy atom. The summed E-state index contributed by atoms with van der Waals surface area (Å²) in [6, 6.07) is 22.3. The van der Waals surface area contributed by atoms with Gasteiger partial charge in [-0.2, -0.15) is 0 Å². The number of para-hydroxylation sites is 1. The van der Waals surface area contributed by atoms with E-state index in [1.807, 2.05) is 48.5 Å². The molecule has 5 heteroatoms. The van der Waals surface area contributed by atoms with E-state index in [-0.39, 0.29) is 5.91 Å². The molecule has 0 aliphatic rings. The summed E-state index contributed by atoms with van der Waals surface area (Å²) < 4.78 is 0. The molecule has 1 N–H and O–H groups in total. The van der Waals surface area contributed by atoms with Gasteiger partial charge >= 0.3 is 0 Å². The van der Waals surface area contributed by atoms with Gasteiger partial charge in [-0.1, -0.05) is 59.6 Å². The van der Waals surface area contributed by atoms with Crippen molar-refractivity contribution in [3.63, 3.8) is 0 Å². The van der Waals surface area contributed by atoms with Crippen molar-refractivity contribution in [1.82, 2.24) is 4.98 Å². The minimum Gasteiger partial charge on any atom is -0.320 e. The van der Waals surface area contributed by atoms with Crippen LogP contribution in [-0.4, -0.2) is 10.9 Å². The fraction of sp³-hybridized carbons (Fsp3) is 0. The number of fused-ring (bicyclic) bond motifs is 1. The summed E-state index contributed by atoms with van der Waals surface area (Å²) >= 11 is 12.0. The van der Waals surface area contributed by atoms with Gasteiger partial charge in [-0.05, 0) is 47.5 Å². The molecule has 0 atom stereocenters. The van der Waals surface area contributed by atoms with Crippen molar-refractivity contribution in [3.8, 4) is 11.1 Å². The molecule has 27 heavy (non-hydrogen) atoms. The molecular weight excluding hydrogens is 379 g/mol. The molecule has 0 unspecified atom stereocenters. The van der Waals surface area contributed by atoms with Crippen LogP contribution >= 0.6 is 23.2 Å². The van der Waals surface area contributed by atoms with E-state index in [9.17, 15) is 4.79 Å². The predicted molar refractivity (Wildman–Crippen MR) is 112 cm³/mol. The molecule has 0 saturated carbocycles. The molecule has 0 aliphatic carbocycles. The van der Waals surface area contributed by atoms with E-state index >= 15 is 0 Å². The van der Waals surface area contributed by atoms with Crippen LogP contribution in [0.1, 0.15) is 10.4 Å². The number of halogens is 2. The Morgan fingerprint density at radius 2 is 1.56 bits per heavy atom. The van der Waals surface area contributed by atoms with Crippen molar-refractivity contribution in [2.24, 2.45) is 0 Å². The molecule has 0 spiro atoms. The normalized spacial score (nSPS) is 10.7. The maximum absolute atomic E-state index is 12.6. The molecule has 3 aromatic carbocycles. The molecule has 132 valence electrons. The van der Waals surface area contributed by atoms with Crippen LogP contribution in [0, 0.1) is 0 Å². The van der Waals surface area contributed by atoms with E-state index in [1.165, 1.54) is 0 Å². The Kier molecular flexibility index (Phi) is 4.80. The van der Waals surface area contributed by atoms with E-state index < -0.39 is 0 Å². The number of hydrogen-bond acceptors (Lipinski definition) is 2. The monoisotopic (exact) mass is 392 g/mol. The second-order valence-corrected chi connectivity index (χ2v) is 6.86. The number of carbonyl (C=O) groups excluding carboxylic acids is 1. The molecular formula is C22H14Cl2N2O. The molecule has 0 radical (unpaired) electrons. The van der Waals surface area contributed by atoms with Crippen molar-refractivity contribution in [3.05, 3.63) is 94.6 Å². The lowest BCUT2D eigenvalue weighted by molar-refractivity contribution is 0.102. The quantitative estimate of drug-likeness (QED) is 0.434. The van der Waals surface area contributed by atoms with Crippen LogP contribution in [-0.2, 0) is 0 Å². The SMILES string of the molecule is O=C(Nc1cccc2cccnc12)c1ccc(-c2ccc(Cl)c(Cl)c2)cc1. The molecule has 1 aromatic heterocycles. The number of aromatic nitrogens is 1. The van der Waals surface area contributed by atoms with Gasteiger partial charge in [-0.15, -0.1) is 0 Å². The van der Waals surface area contributed by atoms with E-state index in [0.29, 0.717) is 21.3 Å². The highest BCUT2D eigenvalue weighted by Crippen LogP contribution is 2.29. The first-order valence-corrected chi connectivity index (χ1v) is 9.08. The van der Waals surface area contributed by atoms with Gasteiger partial charge in [0.15, 0.2) is 0 Å². The maximum atomic E-state index is 12.6. The van der Waals surface area contributed by atoms with Crippen LogP contribution in [0.4, 0.5) is 5.69 Å². The zero-order chi connectivity index (χ0) is 18.8. The summed E-state index contributed by atoms with van der Waals surface area (Å²) in [5, 5.41) is 4.93. The Labute approximate surface area is 166 Å². The first-order chi connectivity index (χ1) is 13.1. The van der Waals surface area contributed by atoms with Crippen molar-refractivity contribution in [2.75, 3.05) is 5.32 Å². The van der Waals surface area contributed by atoms with Gasteiger partial charge in [-0.25, -0.2) is 0 Å². The van der Waals surface area contributed by atoms with E-state index in [2.05, 4.69) is 10.3 Å². The van der Waals surface area contributed by atoms with Crippen molar-refractivity contribution >= 4 is 45.7 Å². The van der Waals surface area contributed by atoms with Gasteiger partial charge in [0.05, 0.1) is 21.2 Å². The third kappa shape index (κ3) is 3.65. The Balaban J connectivity index is 1.58. The number of carbonyl (C=O) groups is 1. The molecule has 0 aliphatic heterocycles. The second kappa shape index (κ2) is 7.39. The van der Waals surface area contributed by atoms with Crippen LogP contribution < -0.4 is 5.32 Å². The first kappa shape index (κ1) is 17.5. The number of hydrogen-bond donors (Lipinski definition) is 1. The topological polar surface area (TPSA) is 42.0 Å². The summed E-state index contributed by atoms with van der Waals surface area (Å²) in [6.07, 6.45) is 1.71. The molecule has 1 heterocycles. The van der Waals surface area contributed by atoms with Gasteiger partial charge in [0.25, 0.3) is 5.91 Å². The van der Waals surface area contributed by atoms with E-state index in [0.717, 1.165) is 22.0 Å². The second-order valence-electron chi connectivity index (χ2n) is 6.04. The molecule has 0 saturated heterocycles. The van der Waals surface area contributed by atoms with Crippen molar-refractivity contribution in [1.29, 1.82) is 0 Å². The fourth-order valence-electron chi connectivity index (χ4n) is 2.89. The number of nitrogens with zero attached hydrogens (tertiary/aromatic N) is 1. The number of nitrogens with one attached hydrogen (secondary N) is 1. The average molecular weight is 393 g/mol. The Bertz CT molecular complexity index is 1140. The van der Waals surface area contributed by atoms with E-state index in [4.69, 9.17) is 23.2 Å². The third-order valence-electron chi connectivity index (χ3n) is 4.28. The Hall–Kier alpha value is -2.88. The average Bonchev–Trinajstić information content (AvgIpc) is 2.70. The minimum absolute atomic E-state index is 0.186. The number of anilines is 1.